The van der Waals surface area contributed by atoms with Crippen molar-refractivity contribution >= 4 is 28.9 Å². The van der Waals surface area contributed by atoms with Gasteiger partial charge in [-0.3, -0.25) is 0 Å². The van der Waals surface area contributed by atoms with Gasteiger partial charge in [-0.05, 0) is 6.42 Å². The van der Waals surface area contributed by atoms with Crippen molar-refractivity contribution in [2.45, 2.75) is 56.1 Å². The van der Waals surface area contributed by atoms with Gasteiger partial charge in [-0.2, -0.15) is 26.3 Å². The fourth-order valence-electron chi connectivity index (χ4n) is 3.46. The fraction of sp³-hybridized carbons (Fsp3) is 1.00. The van der Waals surface area contributed by atoms with Gasteiger partial charge in [0.1, 0.15) is 0 Å². The Hall–Kier alpha value is -0.503. The summed E-state index contributed by atoms with van der Waals surface area (Å²) in [6.07, 6.45) is 6.58. The minimum Gasteiger partial charge on any atom is -0.421 e. The summed E-state index contributed by atoms with van der Waals surface area (Å²) in [5.41, 5.74) is -12.4. The van der Waals surface area contributed by atoms with E-state index in [1.54, 1.807) is 21.3 Å². The molecule has 0 saturated carbocycles. The molecule has 1 fully saturated rings. The molecule has 0 N–H and O–H groups in total. The van der Waals surface area contributed by atoms with Crippen LogP contribution in [0.5, 0.6) is 0 Å². The van der Waals surface area contributed by atoms with Gasteiger partial charge < -0.3 is 21.9 Å². The molecule has 0 aromatic heterocycles. The maximum atomic E-state index is 11.4. The highest BCUT2D eigenvalue weighted by Crippen LogP contribution is 2.36. The van der Waals surface area contributed by atoms with Crippen molar-refractivity contribution in [1.29, 1.82) is 0 Å². The molecule has 0 aliphatic carbocycles. The zero-order chi connectivity index (χ0) is 26.9. The second-order valence-corrected chi connectivity index (χ2v) is 14.1. The Labute approximate surface area is 197 Å². The van der Waals surface area contributed by atoms with Crippen LogP contribution in [0.25, 0.3) is 4.13 Å². The highest BCUT2D eigenvalue weighted by atomic mass is 32.3. The topological polar surface area (TPSA) is 110 Å². The largest absolute Gasteiger partial charge is 0.500 e. The molecular formula is C16H32F6N2O7S2Si. The number of halogens is 6. The molecule has 0 aromatic rings. The number of likely N-dealkylation sites (tertiary alicyclic amines) is 1. The van der Waals surface area contributed by atoms with Crippen molar-refractivity contribution in [3.8, 4) is 0 Å². The zero-order valence-corrected chi connectivity index (χ0v) is 22.0. The van der Waals surface area contributed by atoms with E-state index in [2.05, 4.69) is 6.92 Å². The Morgan fingerprint density at radius 3 is 1.50 bits per heavy atom. The number of nitrogens with zero attached hydrogens (tertiary/aromatic N) is 2. The monoisotopic (exact) mass is 570 g/mol. The van der Waals surface area contributed by atoms with Crippen LogP contribution in [0.2, 0.25) is 6.04 Å². The van der Waals surface area contributed by atoms with Crippen LogP contribution in [0, 0.1) is 0 Å². The Balaban J connectivity index is 0.000000661. The summed E-state index contributed by atoms with van der Waals surface area (Å²) in [5, 5.41) is 0. The Morgan fingerprint density at radius 2 is 1.18 bits per heavy atom. The maximum Gasteiger partial charge on any atom is 0.500 e. The van der Waals surface area contributed by atoms with Gasteiger partial charge in [0.25, 0.3) is 0 Å². The Bertz CT molecular complexity index is 762. The summed E-state index contributed by atoms with van der Waals surface area (Å²) < 4.78 is 127. The summed E-state index contributed by atoms with van der Waals surface area (Å²) in [6.45, 7) is 7.61. The van der Waals surface area contributed by atoms with Crippen LogP contribution >= 0.6 is 0 Å². The van der Waals surface area contributed by atoms with Crippen LogP contribution < -0.4 is 0 Å². The summed E-state index contributed by atoms with van der Waals surface area (Å²) >= 11 is 0. The van der Waals surface area contributed by atoms with Gasteiger partial charge in [0.05, 0.1) is 26.2 Å². The summed E-state index contributed by atoms with van der Waals surface area (Å²) in [4.78, 5) is 0. The van der Waals surface area contributed by atoms with E-state index in [0.29, 0.717) is 0 Å². The smallest absolute Gasteiger partial charge is 0.421 e. The third-order valence-electron chi connectivity index (χ3n) is 5.33. The van der Waals surface area contributed by atoms with Crippen LogP contribution in [0.1, 0.15) is 39.0 Å². The zero-order valence-electron chi connectivity index (χ0n) is 19.4. The molecule has 206 valence electrons. The molecule has 1 rings (SSSR count). The predicted molar refractivity (Wildman–Crippen MR) is 113 cm³/mol. The minimum atomic E-state index is -6.72. The first-order valence-corrected chi connectivity index (χ1v) is 15.0. The van der Waals surface area contributed by atoms with Crippen molar-refractivity contribution in [2.24, 2.45) is 0 Å². The standard InChI is InChI=1S/C14H32NO3Si.C2F6NO4S2/c1-5-6-10-15(11-7-8-12-15)13-9-14-19(16-2,17-3)18-4;3-1(4,5)14(10,11)9-15(12,13)2(6,7)8/h5-14H2,1-4H3;/q+1;-1. The van der Waals surface area contributed by atoms with E-state index in [4.69, 9.17) is 13.3 Å². The normalized spacial score (nSPS) is 17.4. The third kappa shape index (κ3) is 9.86. The van der Waals surface area contributed by atoms with Crippen molar-refractivity contribution in [3.05, 3.63) is 4.13 Å². The minimum absolute atomic E-state index is 0.778. The lowest BCUT2D eigenvalue weighted by Crippen LogP contribution is -2.48. The lowest BCUT2D eigenvalue weighted by atomic mass is 10.2. The van der Waals surface area contributed by atoms with Gasteiger partial charge >= 0.3 is 19.8 Å². The molecule has 0 aromatic carbocycles. The van der Waals surface area contributed by atoms with Gasteiger partial charge in [0.2, 0.25) is 0 Å². The first kappa shape index (κ1) is 33.5. The predicted octanol–water partition coefficient (Wildman–Crippen LogP) is 3.72. The first-order chi connectivity index (χ1) is 15.4. The van der Waals surface area contributed by atoms with Crippen molar-refractivity contribution in [2.75, 3.05) is 47.5 Å². The molecule has 9 nitrogen and oxygen atoms in total. The molecular weight excluding hydrogens is 538 g/mol. The number of sulfonamides is 2. The van der Waals surface area contributed by atoms with Gasteiger partial charge in [0, 0.05) is 46.6 Å². The lowest BCUT2D eigenvalue weighted by molar-refractivity contribution is -0.917. The van der Waals surface area contributed by atoms with E-state index >= 15 is 0 Å². The molecule has 0 amide bonds. The summed E-state index contributed by atoms with van der Waals surface area (Å²) in [5.74, 6) is 0. The lowest BCUT2D eigenvalue weighted by Gasteiger charge is -2.35. The highest BCUT2D eigenvalue weighted by molar-refractivity contribution is 8.13. The van der Waals surface area contributed by atoms with Gasteiger partial charge in [0.15, 0.2) is 20.0 Å². The van der Waals surface area contributed by atoms with Crippen LogP contribution in [0.4, 0.5) is 26.3 Å². The van der Waals surface area contributed by atoms with E-state index < -0.39 is 39.9 Å². The van der Waals surface area contributed by atoms with Crippen LogP contribution in [0.15, 0.2) is 0 Å². The molecule has 0 unspecified atom stereocenters. The van der Waals surface area contributed by atoms with E-state index in [1.807, 2.05) is 0 Å². The molecule has 1 aliphatic heterocycles. The van der Waals surface area contributed by atoms with Crippen LogP contribution in [-0.2, 0) is 33.3 Å². The number of alkyl halides is 6. The molecule has 0 atom stereocenters. The van der Waals surface area contributed by atoms with Crippen LogP contribution in [0.3, 0.4) is 0 Å². The first-order valence-electron chi connectivity index (χ1n) is 10.2. The quantitative estimate of drug-likeness (QED) is 0.200. The van der Waals surface area contributed by atoms with Crippen molar-refractivity contribution < 1.29 is 60.9 Å². The molecule has 1 saturated heterocycles. The second kappa shape index (κ2) is 13.2. The second-order valence-electron chi connectivity index (χ2n) is 7.61. The number of rotatable bonds is 12. The molecule has 1 aliphatic rings. The average Bonchev–Trinajstić information content (AvgIpc) is 3.17. The van der Waals surface area contributed by atoms with E-state index in [0.717, 1.165) is 16.6 Å². The maximum absolute atomic E-state index is 11.4. The Morgan fingerprint density at radius 1 is 0.794 bits per heavy atom. The van der Waals surface area contributed by atoms with Crippen molar-refractivity contribution in [3.63, 3.8) is 0 Å². The fourth-order valence-corrected chi connectivity index (χ4v) is 6.87. The number of unbranched alkanes of at least 4 members (excludes halogenated alkanes) is 1. The molecule has 0 radical (unpaired) electrons. The van der Waals surface area contributed by atoms with Gasteiger partial charge in [-0.1, -0.05) is 13.3 Å². The SMILES string of the molecule is CCCC[N+]1(CCC[Si](OC)(OC)OC)CCCC1.O=S(=O)([N-]S(=O)(=O)C(F)(F)F)C(F)(F)F. The molecule has 18 heteroatoms. The van der Waals surface area contributed by atoms with E-state index in [1.165, 1.54) is 56.3 Å². The van der Waals surface area contributed by atoms with Gasteiger partial charge in [-0.15, -0.1) is 0 Å². The number of quaternary nitrogens is 1. The van der Waals surface area contributed by atoms with Crippen LogP contribution in [-0.4, -0.2) is 88.6 Å². The van der Waals surface area contributed by atoms with Gasteiger partial charge in [-0.25, -0.2) is 16.8 Å². The summed E-state index contributed by atoms with van der Waals surface area (Å²) in [6, 6.07) is 0.933. The number of hydrogen-bond acceptors (Lipinski definition) is 7. The highest BCUT2D eigenvalue weighted by Gasteiger charge is 2.47. The summed E-state index contributed by atoms with van der Waals surface area (Å²) in [7, 11) is -10.7. The Kier molecular flexibility index (Phi) is 13.0. The molecule has 0 bridgehead atoms. The molecule has 1 heterocycles. The molecule has 34 heavy (non-hydrogen) atoms. The molecule has 0 spiro atoms. The van der Waals surface area contributed by atoms with Crippen molar-refractivity contribution in [1.82, 2.24) is 0 Å². The average molecular weight is 571 g/mol. The van der Waals surface area contributed by atoms with E-state index in [9.17, 15) is 43.2 Å². The number of hydrogen-bond donors (Lipinski definition) is 0. The third-order valence-corrected chi connectivity index (χ3v) is 10.9. The van der Waals surface area contributed by atoms with E-state index in [-0.39, 0.29) is 0 Å².